The van der Waals surface area contributed by atoms with Crippen LogP contribution < -0.4 is 0 Å². The number of fused-ring (bicyclic) bond motifs is 9. The number of alkyl halides is 3. The fourth-order valence-corrected chi connectivity index (χ4v) is 9.82. The maximum Gasteiger partial charge on any atom is 0.418 e. The first-order valence-corrected chi connectivity index (χ1v) is 21.9. The Balaban J connectivity index is 1.19. The Morgan fingerprint density at radius 1 is 0.388 bits per heavy atom. The van der Waals surface area contributed by atoms with Crippen molar-refractivity contribution in [3.8, 4) is 56.7 Å². The van der Waals surface area contributed by atoms with Crippen molar-refractivity contribution in [1.29, 1.82) is 0 Å². The van der Waals surface area contributed by atoms with Crippen LogP contribution in [-0.4, -0.2) is 24.1 Å². The van der Waals surface area contributed by atoms with Crippen molar-refractivity contribution in [2.24, 2.45) is 0 Å². The molecule has 9 aromatic carbocycles. The smallest absolute Gasteiger partial charge is 0.418 e. The summed E-state index contributed by atoms with van der Waals surface area (Å²) in [5, 5.41) is 4.70. The normalized spacial score (nSPS) is 12.1. The minimum Gasteiger partial charge on any atom is -0.454 e. The van der Waals surface area contributed by atoms with E-state index >= 15 is 13.2 Å². The zero-order chi connectivity index (χ0) is 44.8. The summed E-state index contributed by atoms with van der Waals surface area (Å²) in [4.78, 5) is 14.7. The van der Waals surface area contributed by atoms with Gasteiger partial charge in [-0.25, -0.2) is 15.0 Å². The zero-order valence-corrected chi connectivity index (χ0v) is 35.4. The van der Waals surface area contributed by atoms with Gasteiger partial charge in [0.1, 0.15) is 11.3 Å². The average Bonchev–Trinajstić information content (AvgIpc) is 4.03. The van der Waals surface area contributed by atoms with Crippen LogP contribution in [-0.2, 0) is 6.18 Å². The van der Waals surface area contributed by atoms with Crippen molar-refractivity contribution >= 4 is 65.6 Å². The molecule has 0 bridgehead atoms. The number of nitrogens with zero attached hydrogens (tertiary/aromatic N) is 5. The molecule has 0 spiro atoms. The lowest BCUT2D eigenvalue weighted by molar-refractivity contribution is -0.137. The fraction of sp³-hybridized carbons (Fsp3) is 0.0172. The molecule has 13 rings (SSSR count). The second kappa shape index (κ2) is 14.9. The molecule has 4 aromatic heterocycles. The lowest BCUT2D eigenvalue weighted by Gasteiger charge is -2.19. The maximum atomic E-state index is 16.5. The highest BCUT2D eigenvalue weighted by atomic mass is 19.4. The van der Waals surface area contributed by atoms with Crippen LogP contribution in [0.3, 0.4) is 0 Å². The molecule has 67 heavy (non-hydrogen) atoms. The van der Waals surface area contributed by atoms with Crippen LogP contribution in [0.1, 0.15) is 5.56 Å². The van der Waals surface area contributed by atoms with E-state index in [1.54, 1.807) is 10.6 Å². The first-order chi connectivity index (χ1) is 32.9. The Labute approximate surface area is 380 Å². The molecule has 0 aliphatic heterocycles. The van der Waals surface area contributed by atoms with E-state index in [1.807, 2.05) is 170 Å². The highest BCUT2D eigenvalue weighted by molar-refractivity contribution is 6.21. The Kier molecular flexibility index (Phi) is 8.57. The molecule has 318 valence electrons. The lowest BCUT2D eigenvalue weighted by Crippen LogP contribution is -2.12. The number of rotatable bonds is 6. The quantitative estimate of drug-likeness (QED) is 0.167. The molecule has 0 atom stereocenters. The SMILES string of the molecule is FC(F)(F)c1cc(-c2nc(-c3ccccc3)nc(-c3ccccc3)n2)c2c(oc3ccccc32)c1-n1c2ccc(-c3ccccc3)cc2c2cc3c4ccccc4n(-c4ccccc4)c3cc21. The second-order valence-electron chi connectivity index (χ2n) is 16.7. The van der Waals surface area contributed by atoms with E-state index in [1.165, 1.54) is 6.07 Å². The van der Waals surface area contributed by atoms with E-state index in [-0.39, 0.29) is 22.7 Å². The third-order valence-corrected chi connectivity index (χ3v) is 12.8. The van der Waals surface area contributed by atoms with Gasteiger partial charge in [0.2, 0.25) is 0 Å². The average molecular weight is 874 g/mol. The number of furan rings is 1. The summed E-state index contributed by atoms with van der Waals surface area (Å²) in [7, 11) is 0. The van der Waals surface area contributed by atoms with E-state index in [2.05, 4.69) is 28.8 Å². The lowest BCUT2D eigenvalue weighted by atomic mass is 9.99. The van der Waals surface area contributed by atoms with Gasteiger partial charge in [-0.2, -0.15) is 13.2 Å². The summed E-state index contributed by atoms with van der Waals surface area (Å²) >= 11 is 0. The van der Waals surface area contributed by atoms with Gasteiger partial charge >= 0.3 is 6.18 Å². The van der Waals surface area contributed by atoms with Crippen LogP contribution in [0.2, 0.25) is 0 Å². The van der Waals surface area contributed by atoms with Crippen LogP contribution >= 0.6 is 0 Å². The van der Waals surface area contributed by atoms with E-state index < -0.39 is 11.7 Å². The largest absolute Gasteiger partial charge is 0.454 e. The molecule has 0 fully saturated rings. The van der Waals surface area contributed by atoms with Crippen LogP contribution in [0.15, 0.2) is 211 Å². The molecule has 0 saturated carbocycles. The topological polar surface area (TPSA) is 61.7 Å². The van der Waals surface area contributed by atoms with Gasteiger partial charge in [-0.05, 0) is 65.7 Å². The van der Waals surface area contributed by atoms with Gasteiger partial charge in [-0.3, -0.25) is 0 Å². The molecule has 4 heterocycles. The third-order valence-electron chi connectivity index (χ3n) is 12.8. The predicted molar refractivity (Wildman–Crippen MR) is 263 cm³/mol. The monoisotopic (exact) mass is 873 g/mol. The molecule has 0 saturated heterocycles. The van der Waals surface area contributed by atoms with Crippen molar-refractivity contribution in [2.75, 3.05) is 0 Å². The van der Waals surface area contributed by atoms with E-state index in [9.17, 15) is 0 Å². The van der Waals surface area contributed by atoms with Gasteiger partial charge < -0.3 is 13.6 Å². The summed E-state index contributed by atoms with van der Waals surface area (Å²) in [5.41, 5.74) is 6.92. The standard InChI is InChI=1S/C58H34F3N5O/c59-58(60,61)46-33-45(57-63-55(36-19-7-2-8-20-36)62-56(64-57)37-21-9-3-10-22-37)52-41-26-14-16-28-51(41)67-54(52)53(46)66-48-30-29-38(35-17-5-1-6-18-35)31-42(48)44-32-43-40-25-13-15-27-47(40)65(49(43)34-50(44)66)39-23-11-4-12-24-39/h1-34H. The molecular weight excluding hydrogens is 840 g/mol. The van der Waals surface area contributed by atoms with Crippen molar-refractivity contribution in [3.05, 3.63) is 212 Å². The van der Waals surface area contributed by atoms with Gasteiger partial charge in [0.25, 0.3) is 0 Å². The zero-order valence-electron chi connectivity index (χ0n) is 35.4. The minimum absolute atomic E-state index is 0.0589. The summed E-state index contributed by atoms with van der Waals surface area (Å²) < 4.78 is 60.1. The van der Waals surface area contributed by atoms with E-state index in [4.69, 9.17) is 19.4 Å². The summed E-state index contributed by atoms with van der Waals surface area (Å²) in [5.74, 6) is 0.750. The Hall–Kier alpha value is -8.82. The first-order valence-electron chi connectivity index (χ1n) is 21.9. The van der Waals surface area contributed by atoms with Gasteiger partial charge in [0, 0.05) is 54.7 Å². The molecular formula is C58H34F3N5O. The fourth-order valence-electron chi connectivity index (χ4n) is 9.82. The van der Waals surface area contributed by atoms with Gasteiger partial charge in [0.15, 0.2) is 23.1 Å². The van der Waals surface area contributed by atoms with Gasteiger partial charge in [-0.15, -0.1) is 0 Å². The number of hydrogen-bond donors (Lipinski definition) is 0. The third kappa shape index (κ3) is 6.16. The number of para-hydroxylation sites is 3. The first kappa shape index (κ1) is 38.6. The maximum absolute atomic E-state index is 16.5. The highest BCUT2D eigenvalue weighted by Crippen LogP contribution is 2.49. The van der Waals surface area contributed by atoms with Crippen LogP contribution in [0.5, 0.6) is 0 Å². The van der Waals surface area contributed by atoms with Crippen molar-refractivity contribution in [1.82, 2.24) is 24.1 Å². The van der Waals surface area contributed by atoms with Crippen molar-refractivity contribution in [2.45, 2.75) is 6.18 Å². The van der Waals surface area contributed by atoms with Crippen molar-refractivity contribution < 1.29 is 17.6 Å². The molecule has 0 aliphatic carbocycles. The Morgan fingerprint density at radius 2 is 0.910 bits per heavy atom. The van der Waals surface area contributed by atoms with Crippen LogP contribution in [0, 0.1) is 0 Å². The van der Waals surface area contributed by atoms with E-state index in [0.717, 1.165) is 49.4 Å². The second-order valence-corrected chi connectivity index (χ2v) is 16.7. The summed E-state index contributed by atoms with van der Waals surface area (Å²) in [6.45, 7) is 0. The summed E-state index contributed by atoms with van der Waals surface area (Å²) in [6, 6.07) is 65.8. The Bertz CT molecular complexity index is 4010. The molecule has 0 radical (unpaired) electrons. The van der Waals surface area contributed by atoms with Gasteiger partial charge in [0.05, 0.1) is 27.6 Å². The number of halogens is 3. The number of aromatic nitrogens is 5. The minimum atomic E-state index is -4.87. The summed E-state index contributed by atoms with van der Waals surface area (Å²) in [6.07, 6.45) is -4.87. The molecule has 0 amide bonds. The van der Waals surface area contributed by atoms with Crippen molar-refractivity contribution in [3.63, 3.8) is 0 Å². The Morgan fingerprint density at radius 3 is 1.58 bits per heavy atom. The highest BCUT2D eigenvalue weighted by Gasteiger charge is 2.39. The predicted octanol–water partition coefficient (Wildman–Crippen LogP) is 15.7. The molecule has 6 nitrogen and oxygen atoms in total. The van der Waals surface area contributed by atoms with Gasteiger partial charge in [-0.1, -0.05) is 152 Å². The molecule has 13 aromatic rings. The molecule has 9 heteroatoms. The molecule has 0 aliphatic rings. The van der Waals surface area contributed by atoms with Crippen LogP contribution in [0.4, 0.5) is 13.2 Å². The van der Waals surface area contributed by atoms with Crippen LogP contribution in [0.25, 0.3) is 122 Å². The number of benzene rings is 9. The van der Waals surface area contributed by atoms with E-state index in [0.29, 0.717) is 50.2 Å². The molecule has 0 unspecified atom stereocenters. The number of hydrogen-bond acceptors (Lipinski definition) is 4. The molecule has 0 N–H and O–H groups in total.